The van der Waals surface area contributed by atoms with Crippen LogP contribution in [0.4, 0.5) is 13.2 Å². The molecule has 0 aliphatic carbocycles. The summed E-state index contributed by atoms with van der Waals surface area (Å²) >= 11 is 12.1. The third-order valence-corrected chi connectivity index (χ3v) is 6.79. The van der Waals surface area contributed by atoms with E-state index in [1.165, 1.54) is 56.7 Å². The second kappa shape index (κ2) is 14.2. The van der Waals surface area contributed by atoms with Crippen LogP contribution in [0, 0.1) is 5.92 Å². The molecule has 1 heterocycles. The van der Waals surface area contributed by atoms with Gasteiger partial charge in [0, 0.05) is 18.8 Å². The van der Waals surface area contributed by atoms with Gasteiger partial charge in [-0.2, -0.15) is 13.2 Å². The van der Waals surface area contributed by atoms with E-state index >= 15 is 0 Å². The highest BCUT2D eigenvalue weighted by Crippen LogP contribution is 2.24. The van der Waals surface area contributed by atoms with E-state index in [1.54, 1.807) is 24.3 Å². The largest absolute Gasteiger partial charge is 0.452 e. The fraction of sp³-hybridized carbons (Fsp3) is 0.286. The summed E-state index contributed by atoms with van der Waals surface area (Å²) < 4.78 is 39.7. The number of nitrogens with one attached hydrogen (secondary N) is 3. The van der Waals surface area contributed by atoms with Crippen molar-refractivity contribution >= 4 is 46.7 Å². The van der Waals surface area contributed by atoms with Crippen molar-refractivity contribution in [2.24, 2.45) is 5.92 Å². The van der Waals surface area contributed by atoms with Crippen LogP contribution < -0.4 is 16.0 Å². The number of halogens is 5. The Morgan fingerprint density at radius 1 is 0.881 bits per heavy atom. The molecule has 42 heavy (non-hydrogen) atoms. The zero-order valence-corrected chi connectivity index (χ0v) is 23.8. The van der Waals surface area contributed by atoms with E-state index in [4.69, 9.17) is 23.2 Å². The predicted octanol–water partition coefficient (Wildman–Crippen LogP) is 4.25. The van der Waals surface area contributed by atoms with Crippen LogP contribution >= 0.6 is 23.2 Å². The minimum Gasteiger partial charge on any atom is -0.344 e. The molecule has 2 aromatic carbocycles. The molecule has 3 rings (SSSR count). The Morgan fingerprint density at radius 2 is 1.57 bits per heavy atom. The first-order valence-electron chi connectivity index (χ1n) is 12.6. The quantitative estimate of drug-likeness (QED) is 0.293. The first-order chi connectivity index (χ1) is 19.8. The van der Waals surface area contributed by atoms with Gasteiger partial charge in [-0.1, -0.05) is 73.4 Å². The highest BCUT2D eigenvalue weighted by Gasteiger charge is 2.45. The molecule has 0 radical (unpaired) electrons. The molecule has 0 aliphatic rings. The van der Waals surface area contributed by atoms with Crippen LogP contribution in [0.25, 0.3) is 0 Å². The normalized spacial score (nSPS) is 13.5. The van der Waals surface area contributed by atoms with Gasteiger partial charge in [-0.25, -0.2) is 4.98 Å². The van der Waals surface area contributed by atoms with Gasteiger partial charge in [0.2, 0.25) is 11.8 Å². The van der Waals surface area contributed by atoms with Gasteiger partial charge in [0.1, 0.15) is 17.8 Å². The van der Waals surface area contributed by atoms with Crippen molar-refractivity contribution in [3.05, 3.63) is 94.0 Å². The number of alkyl halides is 3. The van der Waals surface area contributed by atoms with Crippen molar-refractivity contribution in [2.45, 2.75) is 44.6 Å². The first kappa shape index (κ1) is 32.5. The van der Waals surface area contributed by atoms with Crippen LogP contribution in [0.2, 0.25) is 10.0 Å². The SMILES string of the molecule is CC(C)[C@H](NC(=O)[C@@H](NC(=O)C(Cc1ccc(Cl)c(Cl)c1)NC(=O)c1cnccn1)c1ccccc1)C(=O)C(F)(F)F. The van der Waals surface area contributed by atoms with Gasteiger partial charge in [0.15, 0.2) is 0 Å². The van der Waals surface area contributed by atoms with Crippen LogP contribution in [0.3, 0.4) is 0 Å². The Balaban J connectivity index is 1.93. The number of hydrogen-bond acceptors (Lipinski definition) is 6. The summed E-state index contributed by atoms with van der Waals surface area (Å²) in [6.07, 6.45) is -1.48. The lowest BCUT2D eigenvalue weighted by atomic mass is 9.97. The van der Waals surface area contributed by atoms with Crippen LogP contribution in [0.5, 0.6) is 0 Å². The molecule has 0 saturated heterocycles. The molecule has 1 aromatic heterocycles. The summed E-state index contributed by atoms with van der Waals surface area (Å²) in [4.78, 5) is 59.6. The predicted molar refractivity (Wildman–Crippen MR) is 149 cm³/mol. The van der Waals surface area contributed by atoms with Crippen LogP contribution in [-0.2, 0) is 20.8 Å². The number of amides is 3. The van der Waals surface area contributed by atoms with Gasteiger partial charge in [-0.05, 0) is 29.2 Å². The number of Topliss-reactive ketones (excluding diaryl/α,β-unsaturated/α-hetero) is 1. The van der Waals surface area contributed by atoms with E-state index in [0.717, 1.165) is 0 Å². The summed E-state index contributed by atoms with van der Waals surface area (Å²) in [6.45, 7) is 2.69. The van der Waals surface area contributed by atoms with Gasteiger partial charge < -0.3 is 16.0 Å². The highest BCUT2D eigenvalue weighted by molar-refractivity contribution is 6.42. The second-order valence-electron chi connectivity index (χ2n) is 9.51. The van der Waals surface area contributed by atoms with E-state index in [1.807, 2.05) is 0 Å². The highest BCUT2D eigenvalue weighted by atomic mass is 35.5. The van der Waals surface area contributed by atoms with Gasteiger partial charge >= 0.3 is 6.18 Å². The van der Waals surface area contributed by atoms with Gasteiger partial charge in [0.05, 0.1) is 22.3 Å². The number of rotatable bonds is 11. The average Bonchev–Trinajstić information content (AvgIpc) is 2.95. The molecule has 222 valence electrons. The monoisotopic (exact) mass is 623 g/mol. The van der Waals surface area contributed by atoms with Gasteiger partial charge in [-0.3, -0.25) is 24.2 Å². The third-order valence-electron chi connectivity index (χ3n) is 6.05. The summed E-state index contributed by atoms with van der Waals surface area (Å²) in [5, 5.41) is 7.65. The molecule has 0 aliphatic heterocycles. The number of ketones is 1. The van der Waals surface area contributed by atoms with Crippen molar-refractivity contribution in [3.8, 4) is 0 Å². The molecular formula is C28H26Cl2F3N5O4. The molecule has 0 saturated carbocycles. The summed E-state index contributed by atoms with van der Waals surface area (Å²) in [5.74, 6) is -5.70. The lowest BCUT2D eigenvalue weighted by Gasteiger charge is -2.27. The van der Waals surface area contributed by atoms with Crippen LogP contribution in [-0.4, -0.2) is 51.7 Å². The Hall–Kier alpha value is -4.03. The van der Waals surface area contributed by atoms with Gasteiger partial charge in [-0.15, -0.1) is 0 Å². The van der Waals surface area contributed by atoms with E-state index in [-0.39, 0.29) is 27.7 Å². The summed E-state index contributed by atoms with van der Waals surface area (Å²) in [6, 6.07) is 7.57. The molecule has 3 amide bonds. The molecule has 3 atom stereocenters. The number of hydrogen-bond donors (Lipinski definition) is 3. The molecule has 0 fully saturated rings. The summed E-state index contributed by atoms with van der Waals surface area (Å²) in [5.41, 5.74) is 0.631. The van der Waals surface area contributed by atoms with Crippen molar-refractivity contribution in [3.63, 3.8) is 0 Å². The molecule has 1 unspecified atom stereocenters. The Labute approximate surface area is 249 Å². The minimum absolute atomic E-state index is 0.0905. The topological polar surface area (TPSA) is 130 Å². The standard InChI is InChI=1S/C28H26Cl2F3N5O4/c1-15(2)22(24(39)28(31,32)33)37-27(42)23(17-6-4-3-5-7-17)38-25(40)20(13-16-8-9-18(29)19(30)12-16)36-26(41)21-14-34-10-11-35-21/h3-12,14-15,20,22-23H,13H2,1-2H3,(H,36,41)(H,37,42)(H,38,40)/t20?,22-,23-/m0/s1. The van der Waals surface area contributed by atoms with E-state index in [9.17, 15) is 32.3 Å². The van der Waals surface area contributed by atoms with Crippen molar-refractivity contribution in [1.82, 2.24) is 25.9 Å². The smallest absolute Gasteiger partial charge is 0.344 e. The Kier molecular flexibility index (Phi) is 11.0. The Bertz CT molecular complexity index is 1430. The fourth-order valence-corrected chi connectivity index (χ4v) is 4.22. The zero-order valence-electron chi connectivity index (χ0n) is 22.3. The number of benzene rings is 2. The molecule has 3 aromatic rings. The molecular weight excluding hydrogens is 598 g/mol. The maximum Gasteiger partial charge on any atom is 0.452 e. The number of nitrogens with zero attached hydrogens (tertiary/aromatic N) is 2. The zero-order chi connectivity index (χ0) is 31.0. The number of carbonyl (C=O) groups is 4. The molecule has 14 heteroatoms. The average molecular weight is 624 g/mol. The Morgan fingerprint density at radius 3 is 2.14 bits per heavy atom. The first-order valence-corrected chi connectivity index (χ1v) is 13.3. The maximum absolute atomic E-state index is 13.6. The van der Waals surface area contributed by atoms with Crippen LogP contribution in [0.1, 0.15) is 41.5 Å². The summed E-state index contributed by atoms with van der Waals surface area (Å²) in [7, 11) is 0. The van der Waals surface area contributed by atoms with Crippen molar-refractivity contribution < 1.29 is 32.3 Å². The lowest BCUT2D eigenvalue weighted by molar-refractivity contribution is -0.175. The molecule has 0 spiro atoms. The van der Waals surface area contributed by atoms with E-state index in [0.29, 0.717) is 5.56 Å². The lowest BCUT2D eigenvalue weighted by Crippen LogP contribution is -2.55. The van der Waals surface area contributed by atoms with Crippen molar-refractivity contribution in [2.75, 3.05) is 0 Å². The fourth-order valence-electron chi connectivity index (χ4n) is 3.90. The van der Waals surface area contributed by atoms with E-state index in [2.05, 4.69) is 25.9 Å². The van der Waals surface area contributed by atoms with Gasteiger partial charge in [0.25, 0.3) is 11.7 Å². The van der Waals surface area contributed by atoms with E-state index < -0.39 is 53.7 Å². The number of carbonyl (C=O) groups excluding carboxylic acids is 4. The minimum atomic E-state index is -5.19. The molecule has 0 bridgehead atoms. The van der Waals surface area contributed by atoms with Crippen molar-refractivity contribution in [1.29, 1.82) is 0 Å². The maximum atomic E-state index is 13.6. The molecule has 9 nitrogen and oxygen atoms in total. The third kappa shape index (κ3) is 8.73. The van der Waals surface area contributed by atoms with Crippen LogP contribution in [0.15, 0.2) is 67.1 Å². The molecule has 3 N–H and O–H groups in total. The second-order valence-corrected chi connectivity index (χ2v) is 10.3. The number of aromatic nitrogens is 2.